The summed E-state index contributed by atoms with van der Waals surface area (Å²) in [6.45, 7) is 0. The van der Waals surface area contributed by atoms with E-state index >= 15 is 0 Å². The molecule has 7 aromatic rings. The summed E-state index contributed by atoms with van der Waals surface area (Å²) in [6.07, 6.45) is 3.21. The fraction of sp³-hybridized carbons (Fsp3) is 0. The molecular formula is C40H28ClN5O3. The molecule has 49 heavy (non-hydrogen) atoms. The van der Waals surface area contributed by atoms with Gasteiger partial charge in [0.25, 0.3) is 5.91 Å². The molecule has 0 bridgehead atoms. The summed E-state index contributed by atoms with van der Waals surface area (Å²) in [5.74, 6) is 0.736. The number of aromatic nitrogens is 2. The van der Waals surface area contributed by atoms with Crippen molar-refractivity contribution in [1.82, 2.24) is 9.97 Å². The topological polar surface area (TPSA) is 123 Å². The van der Waals surface area contributed by atoms with Gasteiger partial charge in [0.2, 0.25) is 0 Å². The predicted octanol–water partition coefficient (Wildman–Crippen LogP) is 9.71. The minimum atomic E-state index is -0.248. The van der Waals surface area contributed by atoms with Gasteiger partial charge in [0, 0.05) is 45.9 Å². The number of phenolic OH excluding ortho intramolecular Hbond substituents is 2. The van der Waals surface area contributed by atoms with Gasteiger partial charge in [0.05, 0.1) is 27.4 Å². The number of hydrogen-bond acceptors (Lipinski definition) is 6. The molecule has 0 saturated carbocycles. The lowest BCUT2D eigenvalue weighted by Gasteiger charge is -2.06. The first-order valence-corrected chi connectivity index (χ1v) is 15.7. The lowest BCUT2D eigenvalue weighted by Crippen LogP contribution is -2.11. The Morgan fingerprint density at radius 1 is 0.673 bits per heavy atom. The smallest absolute Gasteiger partial charge is 0.255 e. The Kier molecular flexibility index (Phi) is 8.69. The SMILES string of the molecule is O=C(Nc1ccc(-c2nc3ccc(-c4ccc(N=Cc5ccccc5O)cc4)c(Cl)c3[nH]2)cc1)c1ccc(N=Cc2ccccc2O)cc1. The van der Waals surface area contributed by atoms with E-state index in [1.165, 1.54) is 0 Å². The second kappa shape index (κ2) is 13.7. The Bertz CT molecular complexity index is 2350. The Morgan fingerprint density at radius 3 is 1.82 bits per heavy atom. The van der Waals surface area contributed by atoms with Crippen LogP contribution >= 0.6 is 11.6 Å². The Hall–Kier alpha value is -6.51. The molecule has 0 atom stereocenters. The van der Waals surface area contributed by atoms with Gasteiger partial charge in [0.1, 0.15) is 17.3 Å². The van der Waals surface area contributed by atoms with Crippen LogP contribution in [0.25, 0.3) is 33.5 Å². The highest BCUT2D eigenvalue weighted by Gasteiger charge is 2.14. The summed E-state index contributed by atoms with van der Waals surface area (Å²) in [6, 6.07) is 39.9. The summed E-state index contributed by atoms with van der Waals surface area (Å²) >= 11 is 6.88. The maximum absolute atomic E-state index is 12.9. The summed E-state index contributed by atoms with van der Waals surface area (Å²) in [4.78, 5) is 29.9. The average Bonchev–Trinajstić information content (AvgIpc) is 3.57. The summed E-state index contributed by atoms with van der Waals surface area (Å²) in [5.41, 5.74) is 7.87. The Morgan fingerprint density at radius 2 is 1.22 bits per heavy atom. The van der Waals surface area contributed by atoms with Crippen molar-refractivity contribution in [3.63, 3.8) is 0 Å². The van der Waals surface area contributed by atoms with Crippen LogP contribution in [0.15, 0.2) is 143 Å². The zero-order valence-electron chi connectivity index (χ0n) is 25.9. The lowest BCUT2D eigenvalue weighted by molar-refractivity contribution is 0.102. The number of aromatic hydroxyl groups is 2. The number of anilines is 1. The molecule has 7 rings (SSSR count). The molecule has 238 valence electrons. The molecule has 0 radical (unpaired) electrons. The fourth-order valence-corrected chi connectivity index (χ4v) is 5.54. The summed E-state index contributed by atoms with van der Waals surface area (Å²) < 4.78 is 0. The van der Waals surface area contributed by atoms with Crippen LogP contribution in [0.2, 0.25) is 5.02 Å². The molecule has 0 spiro atoms. The molecule has 8 nitrogen and oxygen atoms in total. The summed E-state index contributed by atoms with van der Waals surface area (Å²) in [7, 11) is 0. The van der Waals surface area contributed by atoms with E-state index in [9.17, 15) is 15.0 Å². The van der Waals surface area contributed by atoms with Gasteiger partial charge in [0.15, 0.2) is 0 Å². The van der Waals surface area contributed by atoms with E-state index in [0.29, 0.717) is 38.9 Å². The van der Waals surface area contributed by atoms with Crippen molar-refractivity contribution in [2.45, 2.75) is 0 Å². The number of nitrogens with one attached hydrogen (secondary N) is 2. The maximum atomic E-state index is 12.9. The standard InChI is InChI=1S/C40H28ClN5O3/c41-37-33(25-9-15-30(16-10-25)42-23-28-5-1-3-7-35(28)47)21-22-34-38(37)46-39(45-34)26-11-19-32(20-12-26)44-40(49)27-13-17-31(18-14-27)43-24-29-6-2-4-8-36(29)48/h1-24,47-48H,(H,44,49)(H,45,46). The minimum Gasteiger partial charge on any atom is -0.507 e. The number of rotatable bonds is 8. The zero-order chi connectivity index (χ0) is 33.7. The average molecular weight is 662 g/mol. The van der Waals surface area contributed by atoms with Crippen LogP contribution in [0, 0.1) is 0 Å². The number of H-pyrrole nitrogens is 1. The van der Waals surface area contributed by atoms with Gasteiger partial charge in [-0.3, -0.25) is 14.8 Å². The predicted molar refractivity (Wildman–Crippen MR) is 197 cm³/mol. The van der Waals surface area contributed by atoms with Gasteiger partial charge >= 0.3 is 0 Å². The number of fused-ring (bicyclic) bond motifs is 1. The van der Waals surface area contributed by atoms with Gasteiger partial charge in [-0.2, -0.15) is 0 Å². The first kappa shape index (κ1) is 31.1. The number of para-hydroxylation sites is 2. The number of amides is 1. The number of halogens is 1. The van der Waals surface area contributed by atoms with E-state index in [0.717, 1.165) is 33.4 Å². The third-order valence-electron chi connectivity index (χ3n) is 7.90. The molecule has 1 aromatic heterocycles. The largest absolute Gasteiger partial charge is 0.507 e. The van der Waals surface area contributed by atoms with Crippen molar-refractivity contribution in [2.75, 3.05) is 5.32 Å². The number of phenols is 2. The van der Waals surface area contributed by atoms with E-state index < -0.39 is 0 Å². The highest BCUT2D eigenvalue weighted by atomic mass is 35.5. The molecule has 4 N–H and O–H groups in total. The first-order chi connectivity index (χ1) is 23.9. The number of nitrogens with zero attached hydrogens (tertiary/aromatic N) is 3. The minimum absolute atomic E-state index is 0.152. The second-order valence-electron chi connectivity index (χ2n) is 11.2. The number of imidazole rings is 1. The molecular weight excluding hydrogens is 634 g/mol. The van der Waals surface area contributed by atoms with Crippen molar-refractivity contribution in [2.24, 2.45) is 9.98 Å². The van der Waals surface area contributed by atoms with Gasteiger partial charge in [-0.15, -0.1) is 0 Å². The number of carbonyl (C=O) groups is 1. The fourth-order valence-electron chi connectivity index (χ4n) is 5.23. The third kappa shape index (κ3) is 6.95. The number of aliphatic imine (C=N–C) groups is 2. The quantitative estimate of drug-likeness (QED) is 0.121. The molecule has 6 aromatic carbocycles. The molecule has 0 aliphatic rings. The van der Waals surface area contributed by atoms with Crippen molar-refractivity contribution < 1.29 is 15.0 Å². The molecule has 0 fully saturated rings. The van der Waals surface area contributed by atoms with Crippen molar-refractivity contribution in [3.8, 4) is 34.0 Å². The molecule has 1 amide bonds. The first-order valence-electron chi connectivity index (χ1n) is 15.4. The molecule has 1 heterocycles. The van der Waals surface area contributed by atoms with E-state index in [1.54, 1.807) is 73.1 Å². The van der Waals surface area contributed by atoms with Crippen molar-refractivity contribution in [1.29, 1.82) is 0 Å². The highest BCUT2D eigenvalue weighted by Crippen LogP contribution is 2.35. The monoisotopic (exact) mass is 661 g/mol. The lowest BCUT2D eigenvalue weighted by atomic mass is 10.0. The second-order valence-corrected chi connectivity index (χ2v) is 11.5. The number of aromatic amines is 1. The van der Waals surface area contributed by atoms with E-state index in [2.05, 4.69) is 20.3 Å². The normalized spacial score (nSPS) is 11.4. The van der Waals surface area contributed by atoms with Crippen LogP contribution in [0.1, 0.15) is 21.5 Å². The molecule has 0 unspecified atom stereocenters. The number of carbonyl (C=O) groups excluding carboxylic acids is 1. The van der Waals surface area contributed by atoms with Crippen LogP contribution in [0.3, 0.4) is 0 Å². The van der Waals surface area contributed by atoms with Gasteiger partial charge in [-0.1, -0.05) is 54.1 Å². The molecule has 0 saturated heterocycles. The third-order valence-corrected chi connectivity index (χ3v) is 8.29. The molecule has 0 aliphatic heterocycles. The Labute approximate surface area is 286 Å². The number of hydrogen-bond donors (Lipinski definition) is 4. The van der Waals surface area contributed by atoms with Gasteiger partial charge in [-0.25, -0.2) is 4.98 Å². The molecule has 9 heteroatoms. The van der Waals surface area contributed by atoms with Crippen molar-refractivity contribution in [3.05, 3.63) is 155 Å². The number of benzene rings is 6. The van der Waals surface area contributed by atoms with Crippen LogP contribution in [0.5, 0.6) is 11.5 Å². The van der Waals surface area contributed by atoms with Crippen molar-refractivity contribution >= 4 is 58.0 Å². The van der Waals surface area contributed by atoms with Crippen LogP contribution in [-0.4, -0.2) is 38.5 Å². The van der Waals surface area contributed by atoms with Crippen LogP contribution < -0.4 is 5.32 Å². The highest BCUT2D eigenvalue weighted by molar-refractivity contribution is 6.37. The van der Waals surface area contributed by atoms with E-state index in [4.69, 9.17) is 16.6 Å². The van der Waals surface area contributed by atoms with Crippen LogP contribution in [-0.2, 0) is 0 Å². The Balaban J connectivity index is 1.02. The van der Waals surface area contributed by atoms with E-state index in [1.807, 2.05) is 72.8 Å². The zero-order valence-corrected chi connectivity index (χ0v) is 26.6. The van der Waals surface area contributed by atoms with Gasteiger partial charge < -0.3 is 20.5 Å². The van der Waals surface area contributed by atoms with Crippen LogP contribution in [0.4, 0.5) is 17.1 Å². The van der Waals surface area contributed by atoms with Gasteiger partial charge in [-0.05, 0) is 96.6 Å². The van der Waals surface area contributed by atoms with E-state index in [-0.39, 0.29) is 17.4 Å². The maximum Gasteiger partial charge on any atom is 0.255 e. The molecule has 0 aliphatic carbocycles. The summed E-state index contributed by atoms with van der Waals surface area (Å²) in [5, 5.41) is 23.4.